The number of anilines is 1. The van der Waals surface area contributed by atoms with Gasteiger partial charge in [0.2, 0.25) is 11.8 Å². The number of aromatic nitrogens is 4. The van der Waals surface area contributed by atoms with E-state index in [1.807, 2.05) is 0 Å². The van der Waals surface area contributed by atoms with Crippen LogP contribution in [-0.2, 0) is 50.7 Å². The molecule has 1 aliphatic heterocycles. The number of nitrogens with two attached hydrogens (primary N) is 1. The molecule has 64 heavy (non-hydrogen) atoms. The summed E-state index contributed by atoms with van der Waals surface area (Å²) < 4.78 is 61.0. The number of amides is 2. The van der Waals surface area contributed by atoms with Crippen LogP contribution in [0.2, 0.25) is 0 Å². The number of ether oxygens (including phenoxy) is 1. The predicted octanol–water partition coefficient (Wildman–Crippen LogP) is 1.82. The number of fused-ring (bicyclic) bond motifs is 1. The quantitative estimate of drug-likeness (QED) is 0.0414. The molecule has 0 saturated carbocycles. The molecule has 31 heteroatoms. The van der Waals surface area contributed by atoms with E-state index in [4.69, 9.17) is 10.5 Å². The number of aliphatic hydroxyl groups is 2. The maximum Gasteiger partial charge on any atom is 0.274 e. The van der Waals surface area contributed by atoms with E-state index >= 15 is 0 Å². The Morgan fingerprint density at radius 3 is 2.17 bits per heavy atom. The predicted molar refractivity (Wildman–Crippen MR) is 230 cm³/mol. The number of hydrogen-bond donors (Lipinski definition) is 9. The average Bonchev–Trinajstić information content (AvgIpc) is 3.73. The largest absolute Gasteiger partial charge is 0.756 e. The smallest absolute Gasteiger partial charge is 0.274 e. The number of quaternary nitrogens is 3. The molecule has 8 atom stereocenters. The number of thioether (sulfide) groups is 1. The number of nitrogens with one attached hydrogen (secondary N) is 2. The number of phosphoric acid groups is 3. The van der Waals surface area contributed by atoms with E-state index in [-0.39, 0.29) is 60.1 Å². The van der Waals surface area contributed by atoms with E-state index in [0.717, 1.165) is 48.2 Å². The Hall–Kier alpha value is -2.56. The van der Waals surface area contributed by atoms with Crippen molar-refractivity contribution >= 4 is 69.1 Å². The minimum absolute atomic E-state index is 0. The zero-order valence-electron chi connectivity index (χ0n) is 37.0. The van der Waals surface area contributed by atoms with Crippen molar-refractivity contribution in [2.24, 2.45) is 5.41 Å². The second-order valence-electron chi connectivity index (χ2n) is 14.8. The lowest BCUT2D eigenvalue weighted by molar-refractivity contribution is -0.247. The van der Waals surface area contributed by atoms with Crippen molar-refractivity contribution in [2.75, 3.05) is 37.8 Å². The Labute approximate surface area is 375 Å². The van der Waals surface area contributed by atoms with Gasteiger partial charge in [0, 0.05) is 37.1 Å². The topological polar surface area (TPSA) is 482 Å². The number of phosphoric ester groups is 3. The van der Waals surface area contributed by atoms with Crippen LogP contribution in [-0.4, -0.2) is 108 Å². The molecular weight excluding hydrogens is 933 g/mol. The molecule has 0 spiro atoms. The van der Waals surface area contributed by atoms with Gasteiger partial charge in [0.1, 0.15) is 36.3 Å². The van der Waals surface area contributed by atoms with Crippen LogP contribution in [0.15, 0.2) is 12.7 Å². The van der Waals surface area contributed by atoms with Gasteiger partial charge in [-0.3, -0.25) is 32.6 Å². The number of carbonyl (C=O) groups excluding carboxylic acids is 3. The monoisotopic (exact) mass is 1000 g/mol. The van der Waals surface area contributed by atoms with Crippen LogP contribution in [0.4, 0.5) is 5.82 Å². The Kier molecular flexibility index (Phi) is 27.4. The number of hydrogen-bond acceptors (Lipinski definition) is 21. The number of carbonyl (C=O) groups is 3. The second-order valence-corrected chi connectivity index (χ2v) is 20.1. The lowest BCUT2D eigenvalue weighted by atomic mass is 9.87. The van der Waals surface area contributed by atoms with Crippen LogP contribution < -0.4 is 49.5 Å². The van der Waals surface area contributed by atoms with Gasteiger partial charge in [0.05, 0.1) is 19.5 Å². The lowest BCUT2D eigenvalue weighted by Gasteiger charge is -2.35. The average molecular weight is 1000 g/mol. The van der Waals surface area contributed by atoms with Gasteiger partial charge < -0.3 is 82.9 Å². The van der Waals surface area contributed by atoms with E-state index in [1.165, 1.54) is 52.4 Å². The van der Waals surface area contributed by atoms with Gasteiger partial charge in [0.25, 0.3) is 23.5 Å². The number of nitrogens with zero attached hydrogens (tertiary/aromatic N) is 4. The molecule has 3 rings (SSSR count). The summed E-state index contributed by atoms with van der Waals surface area (Å²) in [5, 5.41) is 26.4. The first kappa shape index (κ1) is 61.4. The summed E-state index contributed by atoms with van der Waals surface area (Å²) in [5.41, 5.74) is 4.13. The molecule has 0 radical (unpaired) electrons. The summed E-state index contributed by atoms with van der Waals surface area (Å²) in [6, 6.07) is 0. The van der Waals surface area contributed by atoms with Crippen LogP contribution in [0.25, 0.3) is 11.2 Å². The molecule has 372 valence electrons. The zero-order valence-corrected chi connectivity index (χ0v) is 40.5. The van der Waals surface area contributed by atoms with Crippen molar-refractivity contribution in [3.8, 4) is 0 Å². The maximum absolute atomic E-state index is 12.6. The van der Waals surface area contributed by atoms with Gasteiger partial charge in [-0.1, -0.05) is 83.9 Å². The maximum atomic E-state index is 12.6. The molecule has 27 nitrogen and oxygen atoms in total. The molecule has 2 aromatic rings. The lowest BCUT2D eigenvalue weighted by Crippen LogP contribution is -2.46. The number of nitrogen functional groups attached to an aromatic ring is 1. The highest BCUT2D eigenvalue weighted by molar-refractivity contribution is 8.13. The molecule has 0 aliphatic carbocycles. The van der Waals surface area contributed by atoms with Crippen molar-refractivity contribution in [3.63, 3.8) is 0 Å². The molecule has 2 aromatic heterocycles. The third-order valence-corrected chi connectivity index (χ3v) is 13.2. The molecule has 19 N–H and O–H groups in total. The van der Waals surface area contributed by atoms with E-state index in [2.05, 4.69) is 50.4 Å². The fourth-order valence-corrected chi connectivity index (χ4v) is 9.39. The van der Waals surface area contributed by atoms with Crippen LogP contribution in [0, 0.1) is 5.41 Å². The van der Waals surface area contributed by atoms with Crippen molar-refractivity contribution < 1.29 is 80.5 Å². The first-order valence-electron chi connectivity index (χ1n) is 19.5. The molecular formula is C33H67N10O17P3S. The van der Waals surface area contributed by atoms with E-state index in [9.17, 15) is 57.9 Å². The molecule has 1 fully saturated rings. The van der Waals surface area contributed by atoms with Gasteiger partial charge in [0.15, 0.2) is 22.8 Å². The van der Waals surface area contributed by atoms with Crippen LogP contribution >= 0.6 is 35.2 Å². The van der Waals surface area contributed by atoms with Crippen molar-refractivity contribution in [1.82, 2.24) is 48.6 Å². The van der Waals surface area contributed by atoms with E-state index in [0.29, 0.717) is 12.2 Å². The fourth-order valence-electron chi connectivity index (χ4n) is 5.93. The Morgan fingerprint density at radius 1 is 0.938 bits per heavy atom. The summed E-state index contributed by atoms with van der Waals surface area (Å²) in [6.45, 7) is 2.41. The van der Waals surface area contributed by atoms with Gasteiger partial charge in [-0.05, 0) is 6.42 Å². The summed E-state index contributed by atoms with van der Waals surface area (Å²) in [7, 11) is -17.3. The molecule has 0 aromatic carbocycles. The van der Waals surface area contributed by atoms with E-state index in [1.54, 1.807) is 0 Å². The van der Waals surface area contributed by atoms with Crippen molar-refractivity contribution in [1.29, 1.82) is 0 Å². The number of rotatable bonds is 29. The third-order valence-electron chi connectivity index (χ3n) is 9.23. The summed E-state index contributed by atoms with van der Waals surface area (Å²) in [5.74, 6) is -1.11. The minimum atomic E-state index is -5.90. The summed E-state index contributed by atoms with van der Waals surface area (Å²) in [4.78, 5) is 94.5. The normalized spacial score (nSPS) is 20.6. The SMILES string of the molecule is CCCCCCCCCCCC(=O)SCCNC(=O)CCNC(=O)[C@H](O)C(C)(C)COP(=O)([O-])OP(=O)([O-])OC[C@H]1O[C@@H](n2cnc3c(N)ncnc32)[C@H](O)[C@@H]1OP(=O)([O-])O.[NH4+].[NH4+].[NH4+]. The van der Waals surface area contributed by atoms with Gasteiger partial charge in [-0.25, -0.2) is 19.3 Å². The first-order valence-corrected chi connectivity index (χ1v) is 25.0. The third kappa shape index (κ3) is 20.9. The standard InChI is InChI=1S/C33H58N7O17P3S.3H3N/c1-4-5-6-7-8-9-10-11-12-13-24(42)61-17-16-35-23(41)14-15-36-31(45)28(44)33(2,3)19-54-60(51,52)57-59(49,50)53-18-22-27(56-58(46,47)48)26(43)32(55-22)40-21-39-25-29(34)37-20-38-30(25)40;;;/h20-22,26-28,32,43-44H,4-19H2,1-3H3,(H,35,41)(H,36,45)(H,49,50)(H,51,52)(H2,34,37,38)(H2,46,47,48);3*1H3/t22-,26-,27-,28+,32-;;;/m1.../s1. The second kappa shape index (κ2) is 28.6. The number of unbranched alkanes of at least 4 members (excludes halogenated alkanes) is 8. The Morgan fingerprint density at radius 2 is 1.55 bits per heavy atom. The Balaban J connectivity index is 0.0000132. The van der Waals surface area contributed by atoms with Gasteiger partial charge in [-0.15, -0.1) is 0 Å². The van der Waals surface area contributed by atoms with Crippen LogP contribution in [0.1, 0.15) is 97.6 Å². The van der Waals surface area contributed by atoms with Crippen LogP contribution in [0.5, 0.6) is 0 Å². The molecule has 1 saturated heterocycles. The molecule has 1 aliphatic rings. The minimum Gasteiger partial charge on any atom is -0.756 e. The highest BCUT2D eigenvalue weighted by atomic mass is 32.2. The number of aliphatic hydroxyl groups excluding tert-OH is 2. The molecule has 2 amide bonds. The highest BCUT2D eigenvalue weighted by Crippen LogP contribution is 2.56. The highest BCUT2D eigenvalue weighted by Gasteiger charge is 2.48. The molecule has 0 bridgehead atoms. The van der Waals surface area contributed by atoms with Gasteiger partial charge in [-0.2, -0.15) is 0 Å². The zero-order chi connectivity index (χ0) is 45.4. The van der Waals surface area contributed by atoms with E-state index < -0.39 is 84.6 Å². The first-order chi connectivity index (χ1) is 28.6. The van der Waals surface area contributed by atoms with Crippen molar-refractivity contribution in [3.05, 3.63) is 12.7 Å². The molecule has 3 unspecified atom stereocenters. The Bertz CT molecular complexity index is 1900. The van der Waals surface area contributed by atoms with Gasteiger partial charge >= 0.3 is 0 Å². The molecule has 3 heterocycles. The fraction of sp³-hybridized carbons (Fsp3) is 0.758. The summed E-state index contributed by atoms with van der Waals surface area (Å²) >= 11 is 1.14. The summed E-state index contributed by atoms with van der Waals surface area (Å²) in [6.07, 6.45) is 3.50. The van der Waals surface area contributed by atoms with Crippen LogP contribution in [0.3, 0.4) is 0 Å². The van der Waals surface area contributed by atoms with Crippen molar-refractivity contribution in [2.45, 2.75) is 122 Å². The number of imidazole rings is 1.